The second kappa shape index (κ2) is 4.66. The fraction of sp³-hybridized carbons (Fsp3) is 0.333. The molecule has 6 heteroatoms. The summed E-state index contributed by atoms with van der Waals surface area (Å²) in [5.41, 5.74) is 1.48. The lowest BCUT2D eigenvalue weighted by Crippen LogP contribution is -2.45. The minimum atomic E-state index is -1.01. The van der Waals surface area contributed by atoms with Crippen molar-refractivity contribution < 1.29 is 19.8 Å². The molecule has 0 saturated carbocycles. The molecule has 0 unspecified atom stereocenters. The van der Waals surface area contributed by atoms with E-state index >= 15 is 0 Å². The second-order valence-electron chi connectivity index (χ2n) is 4.11. The molecule has 0 atom stereocenters. The molecule has 18 heavy (non-hydrogen) atoms. The highest BCUT2D eigenvalue weighted by molar-refractivity contribution is 6.04. The highest BCUT2D eigenvalue weighted by atomic mass is 16.4. The summed E-state index contributed by atoms with van der Waals surface area (Å²) >= 11 is 0. The molecule has 6 nitrogen and oxygen atoms in total. The van der Waals surface area contributed by atoms with Crippen molar-refractivity contribution in [3.8, 4) is 0 Å². The van der Waals surface area contributed by atoms with Gasteiger partial charge < -0.3 is 20.0 Å². The number of benzene rings is 1. The number of likely N-dealkylation sites (N-methyl/N-ethyl adjacent to an activating group) is 1. The van der Waals surface area contributed by atoms with Gasteiger partial charge in [-0.2, -0.15) is 0 Å². The number of carbonyl (C=O) groups excluding carboxylic acids is 1. The lowest BCUT2D eigenvalue weighted by molar-refractivity contribution is -0.117. The lowest BCUT2D eigenvalue weighted by Gasteiger charge is -2.35. The van der Waals surface area contributed by atoms with Crippen molar-refractivity contribution >= 4 is 23.3 Å². The number of fused-ring (bicyclic) bond motifs is 1. The number of aliphatic hydroxyl groups is 1. The summed E-state index contributed by atoms with van der Waals surface area (Å²) in [4.78, 5) is 25.9. The van der Waals surface area contributed by atoms with Crippen molar-refractivity contribution in [3.05, 3.63) is 23.8 Å². The molecule has 1 aliphatic rings. The molecule has 0 aromatic heterocycles. The van der Waals surface area contributed by atoms with Gasteiger partial charge in [-0.3, -0.25) is 4.79 Å². The molecule has 1 aromatic rings. The van der Waals surface area contributed by atoms with Crippen LogP contribution in [0.15, 0.2) is 18.2 Å². The van der Waals surface area contributed by atoms with Gasteiger partial charge in [0.15, 0.2) is 0 Å². The minimum absolute atomic E-state index is 0.0842. The second-order valence-corrected chi connectivity index (χ2v) is 4.11. The van der Waals surface area contributed by atoms with Gasteiger partial charge in [-0.25, -0.2) is 4.79 Å². The Bertz CT molecular complexity index is 501. The Balaban J connectivity index is 2.49. The van der Waals surface area contributed by atoms with Crippen LogP contribution in [0.5, 0.6) is 0 Å². The summed E-state index contributed by atoms with van der Waals surface area (Å²) < 4.78 is 0. The zero-order chi connectivity index (χ0) is 13.3. The molecule has 0 spiro atoms. The maximum Gasteiger partial charge on any atom is 0.335 e. The Hall–Kier alpha value is -2.08. The zero-order valence-corrected chi connectivity index (χ0v) is 9.96. The molecule has 1 amide bonds. The van der Waals surface area contributed by atoms with Gasteiger partial charge in [-0.15, -0.1) is 0 Å². The van der Waals surface area contributed by atoms with E-state index in [0.717, 1.165) is 0 Å². The predicted octanol–water partition coefficient (Wildman–Crippen LogP) is 0.160. The van der Waals surface area contributed by atoms with Crippen LogP contribution >= 0.6 is 0 Å². The van der Waals surface area contributed by atoms with Gasteiger partial charge in [0.2, 0.25) is 5.91 Å². The first kappa shape index (κ1) is 12.4. The predicted molar refractivity (Wildman–Crippen MR) is 66.1 cm³/mol. The smallest absolute Gasteiger partial charge is 0.335 e. The topological polar surface area (TPSA) is 81.1 Å². The van der Waals surface area contributed by atoms with Crippen LogP contribution in [0.2, 0.25) is 0 Å². The third kappa shape index (κ3) is 2.02. The van der Waals surface area contributed by atoms with Crippen molar-refractivity contribution in [2.75, 3.05) is 36.5 Å². The first-order chi connectivity index (χ1) is 8.54. The number of carboxylic acid groups (broad SMARTS) is 1. The summed E-state index contributed by atoms with van der Waals surface area (Å²) in [5, 5.41) is 18.0. The van der Waals surface area contributed by atoms with E-state index in [4.69, 9.17) is 10.2 Å². The first-order valence-electron chi connectivity index (χ1n) is 5.54. The van der Waals surface area contributed by atoms with Crippen molar-refractivity contribution in [1.29, 1.82) is 0 Å². The molecule has 0 radical (unpaired) electrons. The number of aromatic carboxylic acids is 1. The summed E-state index contributed by atoms with van der Waals surface area (Å²) in [6.07, 6.45) is 0. The molecule has 0 aliphatic carbocycles. The number of nitrogens with zero attached hydrogens (tertiary/aromatic N) is 2. The van der Waals surface area contributed by atoms with Crippen molar-refractivity contribution in [2.24, 2.45) is 0 Å². The van der Waals surface area contributed by atoms with Gasteiger partial charge in [-0.1, -0.05) is 0 Å². The Kier molecular flexibility index (Phi) is 3.20. The van der Waals surface area contributed by atoms with E-state index in [0.29, 0.717) is 17.9 Å². The van der Waals surface area contributed by atoms with E-state index in [1.807, 2.05) is 0 Å². The average molecular weight is 250 g/mol. The Labute approximate surface area is 104 Å². The number of β-amino-alcohol motifs (C(OH)–C–C–N with tert-alkyl or cyclic N) is 1. The SMILES string of the molecule is CN1C(=O)CN(CCO)c2cc(C(=O)O)ccc21. The van der Waals surface area contributed by atoms with Crippen LogP contribution in [0.3, 0.4) is 0 Å². The third-order valence-electron chi connectivity index (χ3n) is 2.99. The van der Waals surface area contributed by atoms with Crippen LogP contribution in [0, 0.1) is 0 Å². The van der Waals surface area contributed by atoms with E-state index in [2.05, 4.69) is 0 Å². The molecule has 1 heterocycles. The van der Waals surface area contributed by atoms with E-state index in [9.17, 15) is 9.59 Å². The molecule has 1 aromatic carbocycles. The standard InChI is InChI=1S/C12H14N2O4/c1-13-9-3-2-8(12(17)18)6-10(9)14(4-5-15)7-11(13)16/h2-3,6,15H,4-5,7H2,1H3,(H,17,18). The van der Waals surface area contributed by atoms with Gasteiger partial charge in [0.05, 0.1) is 30.1 Å². The molecular weight excluding hydrogens is 236 g/mol. The van der Waals surface area contributed by atoms with Gasteiger partial charge in [0, 0.05) is 13.6 Å². The first-order valence-corrected chi connectivity index (χ1v) is 5.54. The maximum absolute atomic E-state index is 11.7. The normalized spacial score (nSPS) is 14.7. The summed E-state index contributed by atoms with van der Waals surface area (Å²) in [6, 6.07) is 4.60. The van der Waals surface area contributed by atoms with Crippen molar-refractivity contribution in [1.82, 2.24) is 0 Å². The Morgan fingerprint density at radius 2 is 2.11 bits per heavy atom. The molecular formula is C12H14N2O4. The molecule has 0 fully saturated rings. The quantitative estimate of drug-likeness (QED) is 0.798. The third-order valence-corrected chi connectivity index (χ3v) is 2.99. The Morgan fingerprint density at radius 3 is 2.72 bits per heavy atom. The van der Waals surface area contributed by atoms with Crippen LogP contribution in [0.25, 0.3) is 0 Å². The highest BCUT2D eigenvalue weighted by Crippen LogP contribution is 2.33. The minimum Gasteiger partial charge on any atom is -0.478 e. The number of anilines is 2. The fourth-order valence-electron chi connectivity index (χ4n) is 2.00. The van der Waals surface area contributed by atoms with Crippen LogP contribution in [-0.2, 0) is 4.79 Å². The average Bonchev–Trinajstić information content (AvgIpc) is 2.35. The van der Waals surface area contributed by atoms with Crippen LogP contribution in [-0.4, -0.2) is 48.8 Å². The molecule has 1 aliphatic heterocycles. The van der Waals surface area contributed by atoms with Gasteiger partial charge in [0.25, 0.3) is 0 Å². The molecule has 2 N–H and O–H groups in total. The van der Waals surface area contributed by atoms with Crippen LogP contribution in [0.4, 0.5) is 11.4 Å². The summed E-state index contributed by atoms with van der Waals surface area (Å²) in [7, 11) is 1.65. The van der Waals surface area contributed by atoms with Crippen LogP contribution in [0.1, 0.15) is 10.4 Å². The van der Waals surface area contributed by atoms with E-state index in [1.165, 1.54) is 17.0 Å². The molecule has 2 rings (SSSR count). The lowest BCUT2D eigenvalue weighted by atomic mass is 10.1. The Morgan fingerprint density at radius 1 is 1.39 bits per heavy atom. The number of amides is 1. The number of hydrogen-bond donors (Lipinski definition) is 2. The fourth-order valence-corrected chi connectivity index (χ4v) is 2.00. The van der Waals surface area contributed by atoms with Gasteiger partial charge >= 0.3 is 5.97 Å². The summed E-state index contributed by atoms with van der Waals surface area (Å²) in [5.74, 6) is -1.10. The molecule has 0 bridgehead atoms. The van der Waals surface area contributed by atoms with Crippen molar-refractivity contribution in [2.45, 2.75) is 0 Å². The van der Waals surface area contributed by atoms with Gasteiger partial charge in [0.1, 0.15) is 0 Å². The van der Waals surface area contributed by atoms with E-state index < -0.39 is 5.97 Å². The molecule has 96 valence electrons. The molecule has 0 saturated heterocycles. The number of carbonyl (C=O) groups is 2. The van der Waals surface area contributed by atoms with E-state index in [1.54, 1.807) is 18.0 Å². The number of aliphatic hydroxyl groups excluding tert-OH is 1. The monoisotopic (exact) mass is 250 g/mol. The maximum atomic E-state index is 11.7. The summed E-state index contributed by atoms with van der Waals surface area (Å²) in [6.45, 7) is 0.358. The zero-order valence-electron chi connectivity index (χ0n) is 9.96. The van der Waals surface area contributed by atoms with Gasteiger partial charge in [-0.05, 0) is 18.2 Å². The van der Waals surface area contributed by atoms with Crippen molar-refractivity contribution in [3.63, 3.8) is 0 Å². The van der Waals surface area contributed by atoms with E-state index in [-0.39, 0.29) is 24.6 Å². The highest BCUT2D eigenvalue weighted by Gasteiger charge is 2.27. The number of carboxylic acids is 1. The van der Waals surface area contributed by atoms with Crippen LogP contribution < -0.4 is 9.80 Å². The number of rotatable bonds is 3. The largest absolute Gasteiger partial charge is 0.478 e. The number of hydrogen-bond acceptors (Lipinski definition) is 4.